The highest BCUT2D eigenvalue weighted by Gasteiger charge is 2.34. The molecule has 1 aromatic rings. The molecule has 102 valence electrons. The van der Waals surface area contributed by atoms with Gasteiger partial charge in [-0.15, -0.1) is 0 Å². The van der Waals surface area contributed by atoms with Gasteiger partial charge in [0.05, 0.1) is 17.2 Å². The molecule has 19 heavy (non-hydrogen) atoms. The first-order chi connectivity index (χ1) is 8.55. The Labute approximate surface area is 107 Å². The Bertz CT molecular complexity index is 539. The lowest BCUT2D eigenvalue weighted by atomic mass is 10.1. The molecule has 1 rings (SSSR count). The molecule has 0 fully saturated rings. The van der Waals surface area contributed by atoms with Crippen LogP contribution in [-0.4, -0.2) is 16.6 Å². The third-order valence-electron chi connectivity index (χ3n) is 2.26. The van der Waals surface area contributed by atoms with Gasteiger partial charge >= 0.3 is 6.18 Å². The average molecular weight is 272 g/mol. The molecule has 1 amide bonds. The highest BCUT2D eigenvalue weighted by atomic mass is 19.4. The summed E-state index contributed by atoms with van der Waals surface area (Å²) in [4.78, 5) is 11.4. The summed E-state index contributed by atoms with van der Waals surface area (Å²) in [5.74, 6) is -0.842. The summed E-state index contributed by atoms with van der Waals surface area (Å²) in [6.45, 7) is 2.41. The smallest absolute Gasteiger partial charge is 0.381 e. The Morgan fingerprint density at radius 2 is 1.95 bits per heavy atom. The highest BCUT2D eigenvalue weighted by molar-refractivity contribution is 5.96. The molecular weight excluding hydrogens is 261 g/mol. The first-order valence-corrected chi connectivity index (χ1v) is 5.21. The summed E-state index contributed by atoms with van der Waals surface area (Å²) >= 11 is 0. The van der Waals surface area contributed by atoms with Crippen molar-refractivity contribution < 1.29 is 23.1 Å². The second-order valence-electron chi connectivity index (χ2n) is 4.38. The maximum Gasteiger partial charge on any atom is 0.417 e. The minimum atomic E-state index is -4.69. The number of amides is 1. The van der Waals surface area contributed by atoms with Gasteiger partial charge in [-0.05, 0) is 32.0 Å². The molecule has 0 radical (unpaired) electrons. The van der Waals surface area contributed by atoms with Crippen LogP contribution in [0.3, 0.4) is 0 Å². The summed E-state index contributed by atoms with van der Waals surface area (Å²) in [5, 5.41) is 20.1. The van der Waals surface area contributed by atoms with Crippen molar-refractivity contribution >= 4 is 11.6 Å². The van der Waals surface area contributed by atoms with Gasteiger partial charge in [0.2, 0.25) is 0 Å². The van der Waals surface area contributed by atoms with Crippen LogP contribution in [0.1, 0.15) is 25.0 Å². The molecule has 0 aliphatic rings. The van der Waals surface area contributed by atoms with Gasteiger partial charge in [-0.2, -0.15) is 18.4 Å². The minimum Gasteiger partial charge on any atom is -0.381 e. The number of carbonyl (C=O) groups excluding carboxylic acids is 1. The molecule has 0 aliphatic carbocycles. The molecule has 0 aliphatic heterocycles. The molecular formula is C12H11F3N2O2. The summed E-state index contributed by atoms with van der Waals surface area (Å²) in [5.41, 5.74) is -3.53. The van der Waals surface area contributed by atoms with E-state index in [4.69, 9.17) is 5.26 Å². The summed E-state index contributed by atoms with van der Waals surface area (Å²) < 4.78 is 38.0. The number of alkyl halides is 3. The molecule has 0 atom stereocenters. The first kappa shape index (κ1) is 15.0. The van der Waals surface area contributed by atoms with Gasteiger partial charge < -0.3 is 10.4 Å². The molecule has 0 bridgehead atoms. The van der Waals surface area contributed by atoms with Crippen LogP contribution in [0.15, 0.2) is 18.2 Å². The molecule has 7 heteroatoms. The SMILES string of the molecule is CC(C)(O)C(=O)Nc1ccc(C#N)c(C(F)(F)F)c1. The predicted molar refractivity (Wildman–Crippen MR) is 61.1 cm³/mol. The Hall–Kier alpha value is -2.07. The van der Waals surface area contributed by atoms with Crippen molar-refractivity contribution in [3.63, 3.8) is 0 Å². The maximum absolute atomic E-state index is 12.7. The van der Waals surface area contributed by atoms with Crippen LogP contribution >= 0.6 is 0 Å². The number of nitrogens with one attached hydrogen (secondary N) is 1. The van der Waals surface area contributed by atoms with Gasteiger partial charge in [-0.25, -0.2) is 0 Å². The van der Waals surface area contributed by atoms with E-state index in [9.17, 15) is 23.1 Å². The lowest BCUT2D eigenvalue weighted by Gasteiger charge is -2.17. The van der Waals surface area contributed by atoms with E-state index in [0.717, 1.165) is 12.1 Å². The van der Waals surface area contributed by atoms with Crippen LogP contribution in [0, 0.1) is 11.3 Å². The second kappa shape index (κ2) is 4.90. The van der Waals surface area contributed by atoms with E-state index in [1.165, 1.54) is 19.9 Å². The van der Waals surface area contributed by atoms with Crippen molar-refractivity contribution in [2.24, 2.45) is 0 Å². The molecule has 0 heterocycles. The van der Waals surface area contributed by atoms with E-state index in [1.807, 2.05) is 0 Å². The number of hydrogen-bond acceptors (Lipinski definition) is 3. The molecule has 0 aromatic heterocycles. The summed E-state index contributed by atoms with van der Waals surface area (Å²) in [6, 6.07) is 4.21. The Kier molecular flexibility index (Phi) is 3.86. The second-order valence-corrected chi connectivity index (χ2v) is 4.38. The van der Waals surface area contributed by atoms with E-state index in [1.54, 1.807) is 0 Å². The molecule has 0 spiro atoms. The zero-order valence-corrected chi connectivity index (χ0v) is 10.2. The number of nitrogens with zero attached hydrogens (tertiary/aromatic N) is 1. The van der Waals surface area contributed by atoms with E-state index >= 15 is 0 Å². The fourth-order valence-electron chi connectivity index (χ4n) is 1.24. The zero-order chi connectivity index (χ0) is 14.8. The monoisotopic (exact) mass is 272 g/mol. The number of benzene rings is 1. The average Bonchev–Trinajstić information content (AvgIpc) is 2.26. The third-order valence-corrected chi connectivity index (χ3v) is 2.26. The van der Waals surface area contributed by atoms with Crippen molar-refractivity contribution in [1.29, 1.82) is 5.26 Å². The van der Waals surface area contributed by atoms with E-state index in [0.29, 0.717) is 6.07 Å². The van der Waals surface area contributed by atoms with E-state index < -0.39 is 28.8 Å². The van der Waals surface area contributed by atoms with Crippen LogP contribution < -0.4 is 5.32 Å². The molecule has 0 unspecified atom stereocenters. The molecule has 2 N–H and O–H groups in total. The topological polar surface area (TPSA) is 73.1 Å². The molecule has 1 aromatic carbocycles. The van der Waals surface area contributed by atoms with Crippen molar-refractivity contribution in [1.82, 2.24) is 0 Å². The fraction of sp³-hybridized carbons (Fsp3) is 0.333. The maximum atomic E-state index is 12.7. The Balaban J connectivity index is 3.14. The Morgan fingerprint density at radius 3 is 2.37 bits per heavy atom. The quantitative estimate of drug-likeness (QED) is 0.867. The van der Waals surface area contributed by atoms with Gasteiger partial charge in [0.15, 0.2) is 0 Å². The zero-order valence-electron chi connectivity index (χ0n) is 10.2. The van der Waals surface area contributed by atoms with Crippen LogP contribution in [0.4, 0.5) is 18.9 Å². The normalized spacial score (nSPS) is 11.8. The Morgan fingerprint density at radius 1 is 1.37 bits per heavy atom. The fourth-order valence-corrected chi connectivity index (χ4v) is 1.24. The number of carbonyl (C=O) groups is 1. The largest absolute Gasteiger partial charge is 0.417 e. The number of anilines is 1. The summed E-state index contributed by atoms with van der Waals surface area (Å²) in [6.07, 6.45) is -4.69. The van der Waals surface area contributed by atoms with Crippen molar-refractivity contribution in [2.75, 3.05) is 5.32 Å². The minimum absolute atomic E-state index is 0.140. The summed E-state index contributed by atoms with van der Waals surface area (Å²) in [7, 11) is 0. The van der Waals surface area contributed by atoms with Gasteiger partial charge in [0.1, 0.15) is 5.60 Å². The lowest BCUT2D eigenvalue weighted by molar-refractivity contribution is -0.137. The number of hydrogen-bond donors (Lipinski definition) is 2. The van der Waals surface area contributed by atoms with Gasteiger partial charge in [-0.1, -0.05) is 0 Å². The predicted octanol–water partition coefficient (Wildman–Crippen LogP) is 2.29. The van der Waals surface area contributed by atoms with Crippen LogP contribution in [0.2, 0.25) is 0 Å². The highest BCUT2D eigenvalue weighted by Crippen LogP contribution is 2.33. The standard InChI is InChI=1S/C12H11F3N2O2/c1-11(2,19)10(18)17-8-4-3-7(6-16)9(5-8)12(13,14)15/h3-5,19H,1-2H3,(H,17,18). The van der Waals surface area contributed by atoms with Crippen LogP contribution in [0.5, 0.6) is 0 Å². The van der Waals surface area contributed by atoms with E-state index in [2.05, 4.69) is 5.32 Å². The van der Waals surface area contributed by atoms with Crippen LogP contribution in [0.25, 0.3) is 0 Å². The molecule has 4 nitrogen and oxygen atoms in total. The van der Waals surface area contributed by atoms with Crippen molar-refractivity contribution in [3.8, 4) is 6.07 Å². The van der Waals surface area contributed by atoms with Gasteiger partial charge in [-0.3, -0.25) is 4.79 Å². The van der Waals surface area contributed by atoms with Crippen molar-refractivity contribution in [3.05, 3.63) is 29.3 Å². The van der Waals surface area contributed by atoms with Crippen molar-refractivity contribution in [2.45, 2.75) is 25.6 Å². The number of nitriles is 1. The van der Waals surface area contributed by atoms with Crippen LogP contribution in [-0.2, 0) is 11.0 Å². The number of rotatable bonds is 2. The number of aliphatic hydroxyl groups is 1. The number of halogens is 3. The van der Waals surface area contributed by atoms with Gasteiger partial charge in [0.25, 0.3) is 5.91 Å². The molecule has 0 saturated heterocycles. The van der Waals surface area contributed by atoms with Gasteiger partial charge in [0, 0.05) is 5.69 Å². The lowest BCUT2D eigenvalue weighted by Crippen LogP contribution is -2.36. The van der Waals surface area contributed by atoms with E-state index in [-0.39, 0.29) is 5.69 Å². The molecule has 0 saturated carbocycles. The third kappa shape index (κ3) is 3.69. The first-order valence-electron chi connectivity index (χ1n) is 5.21.